The molecule has 1 aromatic heterocycles. The zero-order valence-corrected chi connectivity index (χ0v) is 13.3. The number of carbonyl (C=O) groups excluding carboxylic acids is 1. The molecule has 0 spiro atoms. The van der Waals surface area contributed by atoms with Crippen LogP contribution >= 0.6 is 0 Å². The summed E-state index contributed by atoms with van der Waals surface area (Å²) in [5.74, 6) is 1.20. The van der Waals surface area contributed by atoms with Crippen molar-refractivity contribution >= 4 is 22.6 Å². The molecule has 1 saturated heterocycles. The summed E-state index contributed by atoms with van der Waals surface area (Å²) in [4.78, 5) is 22.5. The summed E-state index contributed by atoms with van der Waals surface area (Å²) in [6.45, 7) is 4.84. The zero-order chi connectivity index (χ0) is 16.0. The lowest BCUT2D eigenvalue weighted by molar-refractivity contribution is -0.117. The number of hydrogen-bond acceptors (Lipinski definition) is 2. The Balaban J connectivity index is 1.66. The van der Waals surface area contributed by atoms with Crippen LogP contribution in [-0.4, -0.2) is 22.4 Å². The molecule has 1 aliphatic heterocycles. The number of imidazole rings is 1. The van der Waals surface area contributed by atoms with E-state index < -0.39 is 0 Å². The first-order valence-electron chi connectivity index (χ1n) is 7.94. The second kappa shape index (κ2) is 5.23. The fourth-order valence-electron chi connectivity index (χ4n) is 3.32. The van der Waals surface area contributed by atoms with Crippen molar-refractivity contribution in [1.29, 1.82) is 0 Å². The zero-order valence-electron chi connectivity index (χ0n) is 13.3. The van der Waals surface area contributed by atoms with E-state index in [0.717, 1.165) is 22.5 Å². The molecule has 0 unspecified atom stereocenters. The number of para-hydroxylation sites is 2. The van der Waals surface area contributed by atoms with Crippen LogP contribution in [0, 0.1) is 13.8 Å². The van der Waals surface area contributed by atoms with Crippen molar-refractivity contribution in [2.24, 2.45) is 0 Å². The molecule has 1 aliphatic rings. The van der Waals surface area contributed by atoms with Crippen LogP contribution in [0.2, 0.25) is 0 Å². The SMILES string of the molecule is Cc1cccc(N2C[C@@H](c3nc4ccccc4[nH]3)CC2=O)c1C. The first-order chi connectivity index (χ1) is 11.1. The molecular formula is C19H19N3O. The molecule has 23 heavy (non-hydrogen) atoms. The Bertz CT molecular complexity index is 864. The number of hydrogen-bond donors (Lipinski definition) is 1. The van der Waals surface area contributed by atoms with Crippen LogP contribution in [-0.2, 0) is 4.79 Å². The van der Waals surface area contributed by atoms with Gasteiger partial charge in [0.1, 0.15) is 5.82 Å². The molecule has 0 bridgehead atoms. The third-order valence-electron chi connectivity index (χ3n) is 4.79. The van der Waals surface area contributed by atoms with E-state index in [4.69, 9.17) is 0 Å². The Kier molecular flexibility index (Phi) is 3.18. The molecule has 3 aromatic rings. The van der Waals surface area contributed by atoms with Crippen molar-refractivity contribution in [3.8, 4) is 0 Å². The molecule has 0 aliphatic carbocycles. The lowest BCUT2D eigenvalue weighted by atomic mass is 10.1. The van der Waals surface area contributed by atoms with Gasteiger partial charge in [0.05, 0.1) is 11.0 Å². The van der Waals surface area contributed by atoms with E-state index in [9.17, 15) is 4.79 Å². The number of aromatic nitrogens is 2. The highest BCUT2D eigenvalue weighted by molar-refractivity contribution is 5.97. The van der Waals surface area contributed by atoms with Crippen LogP contribution in [0.3, 0.4) is 0 Å². The van der Waals surface area contributed by atoms with Crippen molar-refractivity contribution in [1.82, 2.24) is 9.97 Å². The maximum atomic E-state index is 12.5. The first-order valence-corrected chi connectivity index (χ1v) is 7.94. The molecule has 116 valence electrons. The van der Waals surface area contributed by atoms with Gasteiger partial charge in [0, 0.05) is 24.6 Å². The van der Waals surface area contributed by atoms with Gasteiger partial charge in [-0.15, -0.1) is 0 Å². The van der Waals surface area contributed by atoms with Crippen LogP contribution < -0.4 is 4.90 Å². The second-order valence-corrected chi connectivity index (χ2v) is 6.26. The topological polar surface area (TPSA) is 49.0 Å². The lowest BCUT2D eigenvalue weighted by Gasteiger charge is -2.20. The normalized spacial score (nSPS) is 18.1. The summed E-state index contributed by atoms with van der Waals surface area (Å²) in [7, 11) is 0. The number of nitrogens with zero attached hydrogens (tertiary/aromatic N) is 2. The van der Waals surface area contributed by atoms with Crippen molar-refractivity contribution in [3.63, 3.8) is 0 Å². The molecular weight excluding hydrogens is 286 g/mol. The van der Waals surface area contributed by atoms with Gasteiger partial charge in [-0.3, -0.25) is 4.79 Å². The number of fused-ring (bicyclic) bond motifs is 1. The second-order valence-electron chi connectivity index (χ2n) is 6.26. The van der Waals surface area contributed by atoms with Crippen LogP contribution in [0.1, 0.15) is 29.3 Å². The van der Waals surface area contributed by atoms with Gasteiger partial charge < -0.3 is 9.88 Å². The molecule has 2 aromatic carbocycles. The largest absolute Gasteiger partial charge is 0.342 e. The van der Waals surface area contributed by atoms with Gasteiger partial charge in [0.15, 0.2) is 0 Å². The van der Waals surface area contributed by atoms with Crippen molar-refractivity contribution in [3.05, 3.63) is 59.4 Å². The van der Waals surface area contributed by atoms with E-state index in [0.29, 0.717) is 13.0 Å². The van der Waals surface area contributed by atoms with Gasteiger partial charge in [-0.1, -0.05) is 24.3 Å². The van der Waals surface area contributed by atoms with Gasteiger partial charge in [-0.05, 0) is 43.2 Å². The summed E-state index contributed by atoms with van der Waals surface area (Å²) in [6, 6.07) is 14.1. The highest BCUT2D eigenvalue weighted by Crippen LogP contribution is 2.33. The molecule has 1 fully saturated rings. The van der Waals surface area contributed by atoms with Gasteiger partial charge in [0.25, 0.3) is 0 Å². The third kappa shape index (κ3) is 2.31. The predicted octanol–water partition coefficient (Wildman–Crippen LogP) is 3.70. The van der Waals surface area contributed by atoms with Crippen LogP contribution in [0.25, 0.3) is 11.0 Å². The quantitative estimate of drug-likeness (QED) is 0.785. The number of rotatable bonds is 2. The number of anilines is 1. The molecule has 0 saturated carbocycles. The number of carbonyl (C=O) groups is 1. The van der Waals surface area contributed by atoms with Crippen molar-refractivity contribution in [2.75, 3.05) is 11.4 Å². The molecule has 4 rings (SSSR count). The molecule has 4 heteroatoms. The van der Waals surface area contributed by atoms with E-state index >= 15 is 0 Å². The number of aryl methyl sites for hydroxylation is 1. The van der Waals surface area contributed by atoms with E-state index in [2.05, 4.69) is 29.9 Å². The average molecular weight is 305 g/mol. The lowest BCUT2D eigenvalue weighted by Crippen LogP contribution is -2.25. The first kappa shape index (κ1) is 14.0. The van der Waals surface area contributed by atoms with E-state index in [1.807, 2.05) is 41.3 Å². The van der Waals surface area contributed by atoms with Crippen molar-refractivity contribution in [2.45, 2.75) is 26.2 Å². The predicted molar refractivity (Wildman–Crippen MR) is 91.7 cm³/mol. The summed E-state index contributed by atoms with van der Waals surface area (Å²) in [5, 5.41) is 0. The number of H-pyrrole nitrogens is 1. The Morgan fingerprint density at radius 1 is 1.13 bits per heavy atom. The smallest absolute Gasteiger partial charge is 0.227 e. The van der Waals surface area contributed by atoms with E-state index in [-0.39, 0.29) is 11.8 Å². The highest BCUT2D eigenvalue weighted by atomic mass is 16.2. The minimum absolute atomic E-state index is 0.120. The third-order valence-corrected chi connectivity index (χ3v) is 4.79. The fraction of sp³-hybridized carbons (Fsp3) is 0.263. The minimum Gasteiger partial charge on any atom is -0.342 e. The van der Waals surface area contributed by atoms with Gasteiger partial charge in [0.2, 0.25) is 5.91 Å². The minimum atomic E-state index is 0.120. The summed E-state index contributed by atoms with van der Waals surface area (Å²) in [5.41, 5.74) is 5.39. The standard InChI is InChI=1S/C19H19N3O/c1-12-6-5-9-17(13(12)2)22-11-14(10-18(22)23)19-20-15-7-3-4-8-16(15)21-19/h3-9,14H,10-11H2,1-2H3,(H,20,21)/t14-/m0/s1. The molecule has 0 radical (unpaired) electrons. The molecule has 1 atom stereocenters. The Labute approximate surface area is 135 Å². The maximum Gasteiger partial charge on any atom is 0.227 e. The Morgan fingerprint density at radius 2 is 1.96 bits per heavy atom. The molecule has 2 heterocycles. The summed E-state index contributed by atoms with van der Waals surface area (Å²) < 4.78 is 0. The van der Waals surface area contributed by atoms with Gasteiger partial charge in [-0.2, -0.15) is 0 Å². The number of amides is 1. The van der Waals surface area contributed by atoms with Gasteiger partial charge >= 0.3 is 0 Å². The van der Waals surface area contributed by atoms with Crippen LogP contribution in [0.4, 0.5) is 5.69 Å². The number of nitrogens with one attached hydrogen (secondary N) is 1. The highest BCUT2D eigenvalue weighted by Gasteiger charge is 2.34. The van der Waals surface area contributed by atoms with E-state index in [1.54, 1.807) is 0 Å². The number of benzene rings is 2. The molecule has 1 amide bonds. The molecule has 1 N–H and O–H groups in total. The van der Waals surface area contributed by atoms with E-state index in [1.165, 1.54) is 11.1 Å². The monoisotopic (exact) mass is 305 g/mol. The number of aromatic amines is 1. The maximum absolute atomic E-state index is 12.5. The average Bonchev–Trinajstić information content (AvgIpc) is 3.13. The van der Waals surface area contributed by atoms with Crippen LogP contribution in [0.15, 0.2) is 42.5 Å². The van der Waals surface area contributed by atoms with Gasteiger partial charge in [-0.25, -0.2) is 4.98 Å². The summed E-state index contributed by atoms with van der Waals surface area (Å²) in [6.07, 6.45) is 0.507. The van der Waals surface area contributed by atoms with Crippen molar-refractivity contribution < 1.29 is 4.79 Å². The van der Waals surface area contributed by atoms with Crippen LogP contribution in [0.5, 0.6) is 0 Å². The molecule has 4 nitrogen and oxygen atoms in total. The fourth-order valence-corrected chi connectivity index (χ4v) is 3.32. The summed E-state index contributed by atoms with van der Waals surface area (Å²) >= 11 is 0. The Hall–Kier alpha value is -2.62. The Morgan fingerprint density at radius 3 is 2.78 bits per heavy atom.